The van der Waals surface area contributed by atoms with Crippen molar-refractivity contribution in [1.82, 2.24) is 9.47 Å². The van der Waals surface area contributed by atoms with Crippen LogP contribution in [0.1, 0.15) is 38.2 Å². The smallest absolute Gasteiger partial charge is 0.0503 e. The third-order valence-corrected chi connectivity index (χ3v) is 4.68. The van der Waals surface area contributed by atoms with E-state index in [-0.39, 0.29) is 0 Å². The van der Waals surface area contributed by atoms with E-state index in [9.17, 15) is 0 Å². The van der Waals surface area contributed by atoms with Crippen LogP contribution in [0.5, 0.6) is 0 Å². The van der Waals surface area contributed by atoms with Gasteiger partial charge < -0.3 is 4.57 Å². The molecule has 0 unspecified atom stereocenters. The second-order valence-corrected chi connectivity index (χ2v) is 6.17. The molecule has 0 aliphatic carbocycles. The zero-order chi connectivity index (χ0) is 13.9. The molecule has 1 aliphatic heterocycles. The summed E-state index contributed by atoms with van der Waals surface area (Å²) in [5, 5.41) is 2.14. The van der Waals surface area contributed by atoms with Gasteiger partial charge in [0.25, 0.3) is 0 Å². The number of aromatic nitrogens is 1. The van der Waals surface area contributed by atoms with E-state index in [0.717, 1.165) is 18.1 Å². The lowest BCUT2D eigenvalue weighted by atomic mass is 10.1. The van der Waals surface area contributed by atoms with E-state index in [1.165, 1.54) is 55.2 Å². The van der Waals surface area contributed by atoms with Crippen molar-refractivity contribution < 1.29 is 0 Å². The third kappa shape index (κ3) is 2.72. The van der Waals surface area contributed by atoms with Crippen molar-refractivity contribution in [3.63, 3.8) is 0 Å². The lowest BCUT2D eigenvalue weighted by Gasteiger charge is -2.19. The van der Waals surface area contributed by atoms with Crippen molar-refractivity contribution >= 4 is 22.5 Å². The van der Waals surface area contributed by atoms with E-state index in [1.54, 1.807) is 0 Å². The number of fused-ring (bicyclic) bond motifs is 1. The summed E-state index contributed by atoms with van der Waals surface area (Å²) in [5.41, 5.74) is 2.65. The number of hydrogen-bond acceptors (Lipinski definition) is 1. The molecule has 108 valence electrons. The lowest BCUT2D eigenvalue weighted by Crippen LogP contribution is -2.23. The second-order valence-electron chi connectivity index (χ2n) is 5.76. The minimum absolute atomic E-state index is 0.888. The highest BCUT2D eigenvalue weighted by molar-refractivity contribution is 6.35. The SMILES string of the molecule is CCn1cc(CN2CCCCCC2)c2c(Cl)cccc21. The van der Waals surface area contributed by atoms with Gasteiger partial charge in [0.2, 0.25) is 0 Å². The highest BCUT2D eigenvalue weighted by Gasteiger charge is 2.15. The fourth-order valence-electron chi connectivity index (χ4n) is 3.31. The number of hydrogen-bond donors (Lipinski definition) is 0. The Morgan fingerprint density at radius 1 is 1.10 bits per heavy atom. The fraction of sp³-hybridized carbons (Fsp3) is 0.529. The summed E-state index contributed by atoms with van der Waals surface area (Å²) < 4.78 is 2.31. The molecule has 1 fully saturated rings. The van der Waals surface area contributed by atoms with Gasteiger partial charge in [-0.15, -0.1) is 0 Å². The van der Waals surface area contributed by atoms with Crippen molar-refractivity contribution in [2.45, 2.75) is 45.7 Å². The van der Waals surface area contributed by atoms with Crippen molar-refractivity contribution in [3.05, 3.63) is 35.0 Å². The molecule has 0 radical (unpaired) electrons. The van der Waals surface area contributed by atoms with Crippen LogP contribution < -0.4 is 0 Å². The minimum atomic E-state index is 0.888. The molecular formula is C17H23ClN2. The van der Waals surface area contributed by atoms with Crippen molar-refractivity contribution in [2.75, 3.05) is 13.1 Å². The van der Waals surface area contributed by atoms with E-state index in [1.807, 2.05) is 12.1 Å². The molecule has 3 heteroatoms. The van der Waals surface area contributed by atoms with E-state index in [4.69, 9.17) is 11.6 Å². The first kappa shape index (κ1) is 14.0. The van der Waals surface area contributed by atoms with Crippen LogP contribution in [0.4, 0.5) is 0 Å². The van der Waals surface area contributed by atoms with Gasteiger partial charge in [0, 0.05) is 30.2 Å². The number of benzene rings is 1. The molecule has 20 heavy (non-hydrogen) atoms. The first-order valence-electron chi connectivity index (χ1n) is 7.78. The zero-order valence-corrected chi connectivity index (χ0v) is 13.0. The maximum absolute atomic E-state index is 6.45. The van der Waals surface area contributed by atoms with Crippen LogP contribution in [0.3, 0.4) is 0 Å². The van der Waals surface area contributed by atoms with Crippen LogP contribution in [0.25, 0.3) is 10.9 Å². The average molecular weight is 291 g/mol. The first-order valence-corrected chi connectivity index (χ1v) is 8.16. The van der Waals surface area contributed by atoms with Crippen LogP contribution in [-0.2, 0) is 13.1 Å². The standard InChI is InChI=1S/C17H23ClN2/c1-2-20-13-14(12-19-10-5-3-4-6-11-19)17-15(18)8-7-9-16(17)20/h7-9,13H,2-6,10-12H2,1H3. The van der Waals surface area contributed by atoms with Gasteiger partial charge >= 0.3 is 0 Å². The van der Waals surface area contributed by atoms with E-state index in [2.05, 4.69) is 28.7 Å². The molecule has 2 aromatic rings. The molecular weight excluding hydrogens is 268 g/mol. The first-order chi connectivity index (χ1) is 9.79. The van der Waals surface area contributed by atoms with Crippen LogP contribution in [0.15, 0.2) is 24.4 Å². The molecule has 2 heterocycles. The van der Waals surface area contributed by atoms with Crippen molar-refractivity contribution in [2.24, 2.45) is 0 Å². The van der Waals surface area contributed by atoms with Crippen LogP contribution in [0.2, 0.25) is 5.02 Å². The van der Waals surface area contributed by atoms with Gasteiger partial charge in [0.15, 0.2) is 0 Å². The van der Waals surface area contributed by atoms with E-state index in [0.29, 0.717) is 0 Å². The molecule has 0 spiro atoms. The Morgan fingerprint density at radius 2 is 1.85 bits per heavy atom. The topological polar surface area (TPSA) is 8.17 Å². The van der Waals surface area contributed by atoms with Gasteiger partial charge in [-0.25, -0.2) is 0 Å². The number of likely N-dealkylation sites (tertiary alicyclic amines) is 1. The van der Waals surface area contributed by atoms with Gasteiger partial charge in [-0.05, 0) is 50.6 Å². The van der Waals surface area contributed by atoms with Crippen LogP contribution in [-0.4, -0.2) is 22.6 Å². The predicted octanol–water partition coefficient (Wildman–Crippen LogP) is 4.69. The summed E-state index contributed by atoms with van der Waals surface area (Å²) >= 11 is 6.45. The Morgan fingerprint density at radius 3 is 2.55 bits per heavy atom. The molecule has 0 bridgehead atoms. The molecule has 1 saturated heterocycles. The molecule has 0 atom stereocenters. The number of rotatable bonds is 3. The Bertz CT molecular complexity index is 580. The second kappa shape index (κ2) is 6.19. The molecule has 3 rings (SSSR count). The van der Waals surface area contributed by atoms with Crippen molar-refractivity contribution in [1.29, 1.82) is 0 Å². The summed E-state index contributed by atoms with van der Waals surface area (Å²) in [7, 11) is 0. The highest BCUT2D eigenvalue weighted by Crippen LogP contribution is 2.30. The van der Waals surface area contributed by atoms with Gasteiger partial charge in [0.05, 0.1) is 5.02 Å². The Balaban J connectivity index is 1.94. The monoisotopic (exact) mass is 290 g/mol. The normalized spacial score (nSPS) is 17.5. The van der Waals surface area contributed by atoms with Gasteiger partial charge in [-0.3, -0.25) is 4.90 Å². The maximum atomic E-state index is 6.45. The van der Waals surface area contributed by atoms with E-state index < -0.39 is 0 Å². The molecule has 1 aliphatic rings. The molecule has 0 saturated carbocycles. The van der Waals surface area contributed by atoms with Gasteiger partial charge in [-0.1, -0.05) is 30.5 Å². The fourth-order valence-corrected chi connectivity index (χ4v) is 3.60. The Labute approximate surface area is 126 Å². The number of halogens is 1. The summed E-state index contributed by atoms with van der Waals surface area (Å²) in [5.74, 6) is 0. The van der Waals surface area contributed by atoms with Crippen molar-refractivity contribution in [3.8, 4) is 0 Å². The molecule has 2 nitrogen and oxygen atoms in total. The quantitative estimate of drug-likeness (QED) is 0.796. The van der Waals surface area contributed by atoms with Gasteiger partial charge in [0.1, 0.15) is 0 Å². The van der Waals surface area contributed by atoms with E-state index >= 15 is 0 Å². The zero-order valence-electron chi connectivity index (χ0n) is 12.2. The largest absolute Gasteiger partial charge is 0.347 e. The van der Waals surface area contributed by atoms with Gasteiger partial charge in [-0.2, -0.15) is 0 Å². The third-order valence-electron chi connectivity index (χ3n) is 4.37. The van der Waals surface area contributed by atoms with Crippen LogP contribution in [0, 0.1) is 0 Å². The highest BCUT2D eigenvalue weighted by atomic mass is 35.5. The molecule has 0 N–H and O–H groups in total. The van der Waals surface area contributed by atoms with Crippen LogP contribution >= 0.6 is 11.6 Å². The molecule has 0 amide bonds. The Kier molecular flexibility index (Phi) is 4.32. The minimum Gasteiger partial charge on any atom is -0.347 e. The summed E-state index contributed by atoms with van der Waals surface area (Å²) in [6.45, 7) is 6.67. The average Bonchev–Trinajstić information content (AvgIpc) is 2.63. The summed E-state index contributed by atoms with van der Waals surface area (Å²) in [6.07, 6.45) is 7.73. The number of nitrogens with zero attached hydrogens (tertiary/aromatic N) is 2. The lowest BCUT2D eigenvalue weighted by molar-refractivity contribution is 0.278. The number of aryl methyl sites for hydroxylation is 1. The Hall–Kier alpha value is -0.990. The maximum Gasteiger partial charge on any atom is 0.0503 e. The molecule has 1 aromatic carbocycles. The summed E-state index contributed by atoms with van der Waals surface area (Å²) in [4.78, 5) is 2.59. The predicted molar refractivity (Wildman–Crippen MR) is 86.4 cm³/mol. The molecule has 1 aromatic heterocycles. The summed E-state index contributed by atoms with van der Waals surface area (Å²) in [6, 6.07) is 6.24.